The summed E-state index contributed by atoms with van der Waals surface area (Å²) in [6, 6.07) is 16.9. The Morgan fingerprint density at radius 2 is 1.90 bits per heavy atom. The number of benzene rings is 2. The molecule has 4 rings (SSSR count). The predicted octanol–water partition coefficient (Wildman–Crippen LogP) is 3.69. The molecule has 0 aromatic heterocycles. The molecule has 0 N–H and O–H groups in total. The van der Waals surface area contributed by atoms with Crippen LogP contribution in [0.5, 0.6) is 0 Å². The fourth-order valence-corrected chi connectivity index (χ4v) is 4.90. The summed E-state index contributed by atoms with van der Waals surface area (Å²) in [5.41, 5.74) is 4.08. The van der Waals surface area contributed by atoms with Gasteiger partial charge in [0, 0.05) is 33.8 Å². The summed E-state index contributed by atoms with van der Waals surface area (Å²) in [7, 11) is 3.61. The molecule has 0 radical (unpaired) electrons. The zero-order valence-electron chi connectivity index (χ0n) is 18.8. The van der Waals surface area contributed by atoms with Gasteiger partial charge in [-0.3, -0.25) is 9.59 Å². The number of likely N-dealkylation sites (tertiary alicyclic amines) is 1. The fraction of sp³-hybridized carbons (Fsp3) is 0.462. The minimum Gasteiger partial charge on any atom is -0.368 e. The van der Waals surface area contributed by atoms with Gasteiger partial charge in [0.15, 0.2) is 0 Å². The van der Waals surface area contributed by atoms with Gasteiger partial charge in [-0.25, -0.2) is 0 Å². The van der Waals surface area contributed by atoms with E-state index in [4.69, 9.17) is 4.74 Å². The molecule has 2 unspecified atom stereocenters. The number of amides is 2. The van der Waals surface area contributed by atoms with Crippen molar-refractivity contribution in [3.8, 4) is 11.1 Å². The smallest absolute Gasteiger partial charge is 0.251 e. The predicted molar refractivity (Wildman–Crippen MR) is 122 cm³/mol. The second kappa shape index (κ2) is 8.83. The van der Waals surface area contributed by atoms with Crippen molar-refractivity contribution < 1.29 is 14.3 Å². The average Bonchev–Trinajstić information content (AvgIpc) is 3.44. The molecule has 2 aromatic rings. The summed E-state index contributed by atoms with van der Waals surface area (Å²) < 4.78 is 5.61. The first kappa shape index (κ1) is 21.6. The first-order chi connectivity index (χ1) is 14.9. The average molecular weight is 421 g/mol. The van der Waals surface area contributed by atoms with Crippen molar-refractivity contribution in [3.63, 3.8) is 0 Å². The molecule has 2 heterocycles. The normalized spacial score (nSPS) is 23.2. The molecule has 2 atom stereocenters. The van der Waals surface area contributed by atoms with Crippen LogP contribution in [-0.4, -0.2) is 61.5 Å². The van der Waals surface area contributed by atoms with E-state index in [-0.39, 0.29) is 17.9 Å². The van der Waals surface area contributed by atoms with Crippen LogP contribution >= 0.6 is 0 Å². The van der Waals surface area contributed by atoms with Crippen LogP contribution in [-0.2, 0) is 20.7 Å². The van der Waals surface area contributed by atoms with Gasteiger partial charge in [0.2, 0.25) is 5.91 Å². The van der Waals surface area contributed by atoms with E-state index in [1.54, 1.807) is 19.0 Å². The Bertz CT molecular complexity index is 947. The maximum absolute atomic E-state index is 13.3. The Labute approximate surface area is 185 Å². The van der Waals surface area contributed by atoms with Crippen molar-refractivity contribution in [2.45, 2.75) is 38.7 Å². The largest absolute Gasteiger partial charge is 0.368 e. The van der Waals surface area contributed by atoms with E-state index in [2.05, 4.69) is 55.5 Å². The fourth-order valence-electron chi connectivity index (χ4n) is 4.90. The molecule has 31 heavy (non-hydrogen) atoms. The molecule has 0 bridgehead atoms. The second-order valence-electron chi connectivity index (χ2n) is 9.23. The van der Waals surface area contributed by atoms with Crippen LogP contribution < -0.4 is 0 Å². The maximum Gasteiger partial charge on any atom is 0.251 e. The summed E-state index contributed by atoms with van der Waals surface area (Å²) in [6.45, 7) is 3.80. The number of carbonyl (C=O) groups is 2. The van der Waals surface area contributed by atoms with Crippen LogP contribution in [0.4, 0.5) is 0 Å². The van der Waals surface area contributed by atoms with Crippen LogP contribution in [0.25, 0.3) is 11.1 Å². The minimum atomic E-state index is -0.594. The molecule has 5 nitrogen and oxygen atoms in total. The summed E-state index contributed by atoms with van der Waals surface area (Å²) in [5, 5.41) is 0. The topological polar surface area (TPSA) is 49.9 Å². The Morgan fingerprint density at radius 3 is 2.58 bits per heavy atom. The van der Waals surface area contributed by atoms with Gasteiger partial charge < -0.3 is 14.5 Å². The lowest BCUT2D eigenvalue weighted by atomic mass is 9.79. The first-order valence-corrected chi connectivity index (χ1v) is 11.2. The molecule has 2 fully saturated rings. The van der Waals surface area contributed by atoms with Gasteiger partial charge in [-0.2, -0.15) is 0 Å². The van der Waals surface area contributed by atoms with Gasteiger partial charge in [0.1, 0.15) is 6.10 Å². The highest BCUT2D eigenvalue weighted by atomic mass is 16.5. The number of hydrogen-bond donors (Lipinski definition) is 0. The van der Waals surface area contributed by atoms with Crippen LogP contribution in [0.3, 0.4) is 0 Å². The summed E-state index contributed by atoms with van der Waals surface area (Å²) in [4.78, 5) is 29.8. The molecule has 2 saturated heterocycles. The van der Waals surface area contributed by atoms with Crippen LogP contribution in [0.2, 0.25) is 0 Å². The molecule has 0 saturated carbocycles. The van der Waals surface area contributed by atoms with Crippen molar-refractivity contribution >= 4 is 11.8 Å². The highest BCUT2D eigenvalue weighted by Crippen LogP contribution is 2.37. The van der Waals surface area contributed by atoms with Gasteiger partial charge >= 0.3 is 0 Å². The SMILES string of the molecule is Cc1ccc(-c2cccc(CC3(C(=O)N(C)C)CCN(C(=O)C4CCCO4)C3)c2)cc1. The molecule has 5 heteroatoms. The van der Waals surface area contributed by atoms with Crippen molar-refractivity contribution in [2.24, 2.45) is 5.41 Å². The monoisotopic (exact) mass is 420 g/mol. The van der Waals surface area contributed by atoms with Gasteiger partial charge in [0.05, 0.1) is 5.41 Å². The first-order valence-electron chi connectivity index (χ1n) is 11.2. The molecule has 164 valence electrons. The van der Waals surface area contributed by atoms with Crippen molar-refractivity contribution in [1.82, 2.24) is 9.80 Å². The number of nitrogens with zero attached hydrogens (tertiary/aromatic N) is 2. The number of carbonyl (C=O) groups excluding carboxylic acids is 2. The van der Waals surface area contributed by atoms with Gasteiger partial charge in [-0.05, 0) is 49.3 Å². The number of rotatable bonds is 5. The quantitative estimate of drug-likeness (QED) is 0.741. The summed E-state index contributed by atoms with van der Waals surface area (Å²) >= 11 is 0. The highest BCUT2D eigenvalue weighted by Gasteiger charge is 2.47. The van der Waals surface area contributed by atoms with E-state index in [0.29, 0.717) is 32.5 Å². The van der Waals surface area contributed by atoms with Gasteiger partial charge in [-0.1, -0.05) is 54.1 Å². The van der Waals surface area contributed by atoms with Gasteiger partial charge in [0.25, 0.3) is 5.91 Å². The van der Waals surface area contributed by atoms with Crippen LogP contribution in [0.1, 0.15) is 30.4 Å². The molecule has 2 aliphatic rings. The van der Waals surface area contributed by atoms with E-state index in [1.165, 1.54) is 11.1 Å². The lowest BCUT2D eigenvalue weighted by Gasteiger charge is -2.31. The molecule has 2 aromatic carbocycles. The number of ether oxygens (including phenoxy) is 1. The molecule has 0 spiro atoms. The third-order valence-electron chi connectivity index (χ3n) is 6.58. The zero-order valence-corrected chi connectivity index (χ0v) is 18.8. The standard InChI is InChI=1S/C26H32N2O3/c1-19-9-11-21(12-10-19)22-7-4-6-20(16-22)17-26(25(30)27(2)3)13-14-28(18-26)24(29)23-8-5-15-31-23/h4,6-7,9-12,16,23H,5,8,13-15,17-18H2,1-3H3. The Morgan fingerprint density at radius 1 is 1.13 bits per heavy atom. The van der Waals surface area contributed by atoms with Crippen LogP contribution in [0, 0.1) is 12.3 Å². The lowest BCUT2D eigenvalue weighted by Crippen LogP contribution is -2.46. The van der Waals surface area contributed by atoms with Gasteiger partial charge in [-0.15, -0.1) is 0 Å². The minimum absolute atomic E-state index is 0.0411. The number of aryl methyl sites for hydroxylation is 1. The molecular weight excluding hydrogens is 388 g/mol. The Balaban J connectivity index is 1.58. The van der Waals surface area contributed by atoms with Crippen molar-refractivity contribution in [2.75, 3.05) is 33.8 Å². The van der Waals surface area contributed by atoms with E-state index >= 15 is 0 Å². The Hall–Kier alpha value is -2.66. The molecule has 2 aliphatic heterocycles. The number of hydrogen-bond acceptors (Lipinski definition) is 3. The van der Waals surface area contributed by atoms with Crippen molar-refractivity contribution in [1.29, 1.82) is 0 Å². The lowest BCUT2D eigenvalue weighted by molar-refractivity contribution is -0.142. The van der Waals surface area contributed by atoms with Crippen LogP contribution in [0.15, 0.2) is 48.5 Å². The summed E-state index contributed by atoms with van der Waals surface area (Å²) in [5.74, 6) is 0.134. The highest BCUT2D eigenvalue weighted by molar-refractivity contribution is 5.87. The molecular formula is C26H32N2O3. The third kappa shape index (κ3) is 4.52. The summed E-state index contributed by atoms with van der Waals surface area (Å²) in [6.07, 6.45) is 2.67. The molecule has 2 amide bonds. The Kier molecular flexibility index (Phi) is 6.15. The zero-order chi connectivity index (χ0) is 22.0. The van der Waals surface area contributed by atoms with Crippen molar-refractivity contribution in [3.05, 3.63) is 59.7 Å². The second-order valence-corrected chi connectivity index (χ2v) is 9.23. The van der Waals surface area contributed by atoms with E-state index in [0.717, 1.165) is 24.0 Å². The van der Waals surface area contributed by atoms with E-state index in [9.17, 15) is 9.59 Å². The maximum atomic E-state index is 13.3. The third-order valence-corrected chi connectivity index (χ3v) is 6.58. The molecule has 0 aliphatic carbocycles. The van der Waals surface area contributed by atoms with E-state index in [1.807, 2.05) is 4.90 Å². The van der Waals surface area contributed by atoms with E-state index < -0.39 is 5.41 Å².